The summed E-state index contributed by atoms with van der Waals surface area (Å²) in [4.78, 5) is 12.7. The fourth-order valence-electron chi connectivity index (χ4n) is 1.92. The summed E-state index contributed by atoms with van der Waals surface area (Å²) in [6.45, 7) is 0.606. The third-order valence-corrected chi connectivity index (χ3v) is 4.37. The lowest BCUT2D eigenvalue weighted by Crippen LogP contribution is -2.40. The summed E-state index contributed by atoms with van der Waals surface area (Å²) in [7, 11) is 0. The summed E-state index contributed by atoms with van der Waals surface area (Å²) in [5.74, 6) is 0. The quantitative estimate of drug-likeness (QED) is 0.884. The van der Waals surface area contributed by atoms with Crippen molar-refractivity contribution in [2.75, 3.05) is 0 Å². The van der Waals surface area contributed by atoms with Crippen LogP contribution in [0.15, 0.2) is 15.9 Å². The second kappa shape index (κ2) is 5.68. The first-order chi connectivity index (χ1) is 7.74. The van der Waals surface area contributed by atoms with Gasteiger partial charge in [0.2, 0.25) is 0 Å². The fraction of sp³-hybridized carbons (Fsp3) is 0.545. The van der Waals surface area contributed by atoms with E-state index in [1.165, 1.54) is 12.8 Å². The van der Waals surface area contributed by atoms with E-state index in [1.54, 1.807) is 11.3 Å². The second-order valence-corrected chi connectivity index (χ2v) is 6.56. The van der Waals surface area contributed by atoms with Crippen LogP contribution < -0.4 is 10.6 Å². The molecule has 2 N–H and O–H groups in total. The van der Waals surface area contributed by atoms with Gasteiger partial charge in [0.25, 0.3) is 0 Å². The van der Waals surface area contributed by atoms with Crippen molar-refractivity contribution in [1.82, 2.24) is 10.6 Å². The predicted molar refractivity (Wildman–Crippen MR) is 69.6 cm³/mol. The van der Waals surface area contributed by atoms with Gasteiger partial charge < -0.3 is 10.6 Å². The molecule has 3 nitrogen and oxygen atoms in total. The van der Waals surface area contributed by atoms with Crippen LogP contribution in [0.25, 0.3) is 0 Å². The van der Waals surface area contributed by atoms with Crippen LogP contribution in [0.4, 0.5) is 4.79 Å². The summed E-state index contributed by atoms with van der Waals surface area (Å²) < 4.78 is 1.10. The van der Waals surface area contributed by atoms with Crippen LogP contribution in [-0.4, -0.2) is 12.1 Å². The molecule has 0 saturated heterocycles. The fourth-order valence-corrected chi connectivity index (χ4v) is 3.34. The Morgan fingerprint density at radius 1 is 1.44 bits per heavy atom. The largest absolute Gasteiger partial charge is 0.335 e. The van der Waals surface area contributed by atoms with Gasteiger partial charge in [-0.15, -0.1) is 11.3 Å². The number of amides is 2. The lowest BCUT2D eigenvalue weighted by molar-refractivity contribution is 0.237. The Morgan fingerprint density at radius 2 is 2.19 bits per heavy atom. The van der Waals surface area contributed by atoms with Crippen LogP contribution in [-0.2, 0) is 6.54 Å². The minimum atomic E-state index is -0.0450. The SMILES string of the molecule is O=C(NCc1ccc(Br)s1)NC1CCCC1. The highest BCUT2D eigenvalue weighted by Gasteiger charge is 2.16. The van der Waals surface area contributed by atoms with Crippen molar-refractivity contribution in [3.8, 4) is 0 Å². The van der Waals surface area contributed by atoms with E-state index in [0.29, 0.717) is 12.6 Å². The molecule has 88 valence electrons. The molecule has 1 aromatic rings. The first-order valence-corrected chi connectivity index (χ1v) is 7.13. The summed E-state index contributed by atoms with van der Waals surface area (Å²) in [6, 6.07) is 4.35. The number of urea groups is 1. The molecular formula is C11H15BrN2OS. The van der Waals surface area contributed by atoms with E-state index in [1.807, 2.05) is 12.1 Å². The molecule has 5 heteroatoms. The molecule has 1 fully saturated rings. The zero-order valence-electron chi connectivity index (χ0n) is 8.96. The number of nitrogens with one attached hydrogen (secondary N) is 2. The van der Waals surface area contributed by atoms with Gasteiger partial charge >= 0.3 is 6.03 Å². The van der Waals surface area contributed by atoms with Crippen molar-refractivity contribution in [3.05, 3.63) is 20.8 Å². The average Bonchev–Trinajstić information content (AvgIpc) is 2.87. The molecule has 0 unspecified atom stereocenters. The normalized spacial score (nSPS) is 16.3. The molecule has 1 aromatic heterocycles. The van der Waals surface area contributed by atoms with E-state index in [2.05, 4.69) is 26.6 Å². The van der Waals surface area contributed by atoms with Gasteiger partial charge in [0.05, 0.1) is 10.3 Å². The smallest absolute Gasteiger partial charge is 0.315 e. The Morgan fingerprint density at radius 3 is 2.81 bits per heavy atom. The summed E-state index contributed by atoms with van der Waals surface area (Å²) >= 11 is 5.05. The highest BCUT2D eigenvalue weighted by Crippen LogP contribution is 2.21. The van der Waals surface area contributed by atoms with Gasteiger partial charge in [0.15, 0.2) is 0 Å². The van der Waals surface area contributed by atoms with Crippen LogP contribution in [0.5, 0.6) is 0 Å². The third-order valence-electron chi connectivity index (χ3n) is 2.74. The van der Waals surface area contributed by atoms with E-state index in [-0.39, 0.29) is 6.03 Å². The van der Waals surface area contributed by atoms with E-state index in [9.17, 15) is 4.79 Å². The molecule has 1 saturated carbocycles. The molecule has 0 radical (unpaired) electrons. The van der Waals surface area contributed by atoms with Crippen LogP contribution in [0.3, 0.4) is 0 Å². The van der Waals surface area contributed by atoms with E-state index >= 15 is 0 Å². The maximum absolute atomic E-state index is 11.5. The Kier molecular flexibility index (Phi) is 4.23. The molecule has 0 atom stereocenters. The van der Waals surface area contributed by atoms with E-state index in [0.717, 1.165) is 21.5 Å². The minimum Gasteiger partial charge on any atom is -0.335 e. The van der Waals surface area contributed by atoms with Crippen molar-refractivity contribution < 1.29 is 4.79 Å². The predicted octanol–water partition coefficient (Wildman–Crippen LogP) is 3.25. The van der Waals surface area contributed by atoms with Gasteiger partial charge in [-0.25, -0.2) is 4.79 Å². The Bertz CT molecular complexity index is 361. The monoisotopic (exact) mass is 302 g/mol. The van der Waals surface area contributed by atoms with Gasteiger partial charge in [0.1, 0.15) is 0 Å². The highest BCUT2D eigenvalue weighted by atomic mass is 79.9. The van der Waals surface area contributed by atoms with E-state index in [4.69, 9.17) is 0 Å². The van der Waals surface area contributed by atoms with Gasteiger partial charge in [-0.3, -0.25) is 0 Å². The second-order valence-electron chi connectivity index (χ2n) is 4.01. The molecule has 0 spiro atoms. The number of rotatable bonds is 3. The molecular weight excluding hydrogens is 288 g/mol. The number of halogens is 1. The maximum atomic E-state index is 11.5. The van der Waals surface area contributed by atoms with Gasteiger partial charge in [-0.1, -0.05) is 12.8 Å². The third kappa shape index (κ3) is 3.49. The minimum absolute atomic E-state index is 0.0450. The molecule has 0 aliphatic heterocycles. The zero-order chi connectivity index (χ0) is 11.4. The van der Waals surface area contributed by atoms with Gasteiger partial charge in [0, 0.05) is 10.9 Å². The first kappa shape index (κ1) is 11.9. The standard InChI is InChI=1S/C11H15BrN2OS/c12-10-6-5-9(16-10)7-13-11(15)14-8-3-1-2-4-8/h5-6,8H,1-4,7H2,(H2,13,14,15). The van der Waals surface area contributed by atoms with Gasteiger partial charge in [-0.05, 0) is 40.9 Å². The maximum Gasteiger partial charge on any atom is 0.315 e. The molecule has 2 rings (SSSR count). The Hall–Kier alpha value is -0.550. The van der Waals surface area contributed by atoms with Crippen LogP contribution >= 0.6 is 27.3 Å². The topological polar surface area (TPSA) is 41.1 Å². The van der Waals surface area contributed by atoms with Gasteiger partial charge in [-0.2, -0.15) is 0 Å². The highest BCUT2D eigenvalue weighted by molar-refractivity contribution is 9.11. The van der Waals surface area contributed by atoms with Crippen molar-refractivity contribution in [1.29, 1.82) is 0 Å². The molecule has 1 aliphatic carbocycles. The molecule has 1 aliphatic rings. The zero-order valence-corrected chi connectivity index (χ0v) is 11.4. The lowest BCUT2D eigenvalue weighted by atomic mass is 10.2. The van der Waals surface area contributed by atoms with E-state index < -0.39 is 0 Å². The average molecular weight is 303 g/mol. The lowest BCUT2D eigenvalue weighted by Gasteiger charge is -2.12. The summed E-state index contributed by atoms with van der Waals surface area (Å²) in [5, 5.41) is 5.88. The van der Waals surface area contributed by atoms with Crippen molar-refractivity contribution in [3.63, 3.8) is 0 Å². The first-order valence-electron chi connectivity index (χ1n) is 5.52. The summed E-state index contributed by atoms with van der Waals surface area (Å²) in [6.07, 6.45) is 4.72. The number of carbonyl (C=O) groups excluding carboxylic acids is 1. The Balaban J connectivity index is 1.71. The van der Waals surface area contributed by atoms with Crippen LogP contribution in [0.2, 0.25) is 0 Å². The van der Waals surface area contributed by atoms with Crippen LogP contribution in [0, 0.1) is 0 Å². The Labute approximate surface area is 108 Å². The molecule has 2 amide bonds. The molecule has 0 bridgehead atoms. The molecule has 1 heterocycles. The van der Waals surface area contributed by atoms with Crippen molar-refractivity contribution in [2.24, 2.45) is 0 Å². The summed E-state index contributed by atoms with van der Waals surface area (Å²) in [5.41, 5.74) is 0. The number of hydrogen-bond acceptors (Lipinski definition) is 2. The molecule has 0 aromatic carbocycles. The molecule has 16 heavy (non-hydrogen) atoms. The number of carbonyl (C=O) groups is 1. The van der Waals surface area contributed by atoms with Crippen LogP contribution in [0.1, 0.15) is 30.6 Å². The number of hydrogen-bond donors (Lipinski definition) is 2. The number of thiophene rings is 1. The van der Waals surface area contributed by atoms with Crippen molar-refractivity contribution >= 4 is 33.3 Å². The van der Waals surface area contributed by atoms with Crippen molar-refractivity contribution in [2.45, 2.75) is 38.3 Å².